The minimum absolute atomic E-state index is 0.158. The van der Waals surface area contributed by atoms with Crippen LogP contribution in [0.25, 0.3) is 0 Å². The van der Waals surface area contributed by atoms with Crippen molar-refractivity contribution < 1.29 is 4.79 Å². The summed E-state index contributed by atoms with van der Waals surface area (Å²) in [6, 6.07) is 7.17. The van der Waals surface area contributed by atoms with Gasteiger partial charge in [-0.25, -0.2) is 0 Å². The van der Waals surface area contributed by atoms with Crippen molar-refractivity contribution in [2.75, 3.05) is 0 Å². The molecule has 2 atom stereocenters. The highest BCUT2D eigenvalue weighted by molar-refractivity contribution is 9.10. The SMILES string of the molecule is CC(NC(=O)C1(Br)C(C)(C)C1(Cl)Cl)c1ccc(Cl)cc1. The first-order valence-corrected chi connectivity index (χ1v) is 8.11. The molecule has 1 fully saturated rings. The number of alkyl halides is 3. The molecule has 2 nitrogen and oxygen atoms in total. The van der Waals surface area contributed by atoms with Crippen LogP contribution in [0.4, 0.5) is 0 Å². The van der Waals surface area contributed by atoms with Crippen LogP contribution in [0.15, 0.2) is 24.3 Å². The second-order valence-electron chi connectivity index (χ2n) is 5.60. The lowest BCUT2D eigenvalue weighted by atomic mass is 10.1. The summed E-state index contributed by atoms with van der Waals surface area (Å²) in [4.78, 5) is 12.5. The highest BCUT2D eigenvalue weighted by Gasteiger charge is 2.85. The lowest BCUT2D eigenvalue weighted by Crippen LogP contribution is -2.38. The number of carbonyl (C=O) groups excluding carboxylic acids is 1. The monoisotopic (exact) mass is 397 g/mol. The van der Waals surface area contributed by atoms with Crippen LogP contribution in [0.1, 0.15) is 32.4 Å². The van der Waals surface area contributed by atoms with Gasteiger partial charge in [-0.05, 0) is 24.6 Å². The molecule has 2 unspecified atom stereocenters. The van der Waals surface area contributed by atoms with Crippen LogP contribution in [0.5, 0.6) is 0 Å². The third kappa shape index (κ3) is 2.18. The topological polar surface area (TPSA) is 29.1 Å². The fraction of sp³-hybridized carbons (Fsp3) is 0.500. The summed E-state index contributed by atoms with van der Waals surface area (Å²) in [5, 5.41) is 3.59. The molecule has 0 aromatic heterocycles. The van der Waals surface area contributed by atoms with E-state index in [4.69, 9.17) is 34.8 Å². The predicted molar refractivity (Wildman–Crippen MR) is 87.9 cm³/mol. The largest absolute Gasteiger partial charge is 0.348 e. The number of rotatable bonds is 3. The van der Waals surface area contributed by atoms with E-state index >= 15 is 0 Å². The summed E-state index contributed by atoms with van der Waals surface area (Å²) >= 11 is 21.7. The van der Waals surface area contributed by atoms with E-state index in [0.717, 1.165) is 5.56 Å². The minimum atomic E-state index is -1.12. The second kappa shape index (κ2) is 5.05. The first kappa shape index (κ1) is 16.4. The molecule has 1 aromatic rings. The number of benzene rings is 1. The molecule has 1 saturated carbocycles. The summed E-state index contributed by atoms with van der Waals surface area (Å²) in [6.45, 7) is 5.61. The average molecular weight is 400 g/mol. The van der Waals surface area contributed by atoms with Crippen LogP contribution in [0, 0.1) is 5.41 Å². The lowest BCUT2D eigenvalue weighted by molar-refractivity contribution is -0.122. The Kier molecular flexibility index (Phi) is 4.14. The summed E-state index contributed by atoms with van der Waals surface area (Å²) < 4.78 is -2.10. The number of amides is 1. The summed E-state index contributed by atoms with van der Waals surface area (Å²) in [6.07, 6.45) is 0. The van der Waals surface area contributed by atoms with E-state index in [1.165, 1.54) is 0 Å². The van der Waals surface area contributed by atoms with Crippen molar-refractivity contribution in [3.05, 3.63) is 34.9 Å². The van der Waals surface area contributed by atoms with Crippen LogP contribution < -0.4 is 5.32 Å². The molecule has 2 rings (SSSR count). The average Bonchev–Trinajstić information content (AvgIpc) is 2.68. The Balaban J connectivity index is 2.12. The molecule has 1 aliphatic carbocycles. The number of hydrogen-bond donors (Lipinski definition) is 1. The minimum Gasteiger partial charge on any atom is -0.348 e. The molecule has 0 heterocycles. The maximum atomic E-state index is 12.5. The number of carbonyl (C=O) groups is 1. The van der Waals surface area contributed by atoms with Gasteiger partial charge in [0.15, 0.2) is 0 Å². The van der Waals surface area contributed by atoms with Crippen LogP contribution in [0.2, 0.25) is 5.02 Å². The molecule has 0 saturated heterocycles. The normalized spacial score (nSPS) is 27.8. The number of nitrogens with one attached hydrogen (secondary N) is 1. The maximum absolute atomic E-state index is 12.5. The Hall–Kier alpha value is 0.0400. The van der Waals surface area contributed by atoms with Gasteiger partial charge < -0.3 is 5.32 Å². The smallest absolute Gasteiger partial charge is 0.241 e. The summed E-state index contributed by atoms with van der Waals surface area (Å²) in [7, 11) is 0. The Morgan fingerprint density at radius 2 is 1.70 bits per heavy atom. The molecule has 0 aliphatic heterocycles. The van der Waals surface area contributed by atoms with Crippen molar-refractivity contribution in [2.45, 2.75) is 35.5 Å². The standard InChI is InChI=1S/C14H15BrCl3NO/c1-8(9-4-6-10(16)7-5-9)19-11(20)13(15)12(2,3)14(13,17)18/h4-8H,1-3H3,(H,19,20). The lowest BCUT2D eigenvalue weighted by Gasteiger charge is -2.18. The molecule has 1 aromatic carbocycles. The van der Waals surface area contributed by atoms with Gasteiger partial charge in [0.2, 0.25) is 5.91 Å². The third-order valence-corrected chi connectivity index (χ3v) is 8.21. The molecule has 1 N–H and O–H groups in total. The predicted octanol–water partition coefficient (Wildman–Crippen LogP) is 4.86. The third-order valence-electron chi connectivity index (χ3n) is 4.05. The van der Waals surface area contributed by atoms with Gasteiger partial charge in [-0.1, -0.05) is 76.7 Å². The molecule has 110 valence electrons. The van der Waals surface area contributed by atoms with Crippen LogP contribution in [0.3, 0.4) is 0 Å². The Morgan fingerprint density at radius 3 is 2.10 bits per heavy atom. The van der Waals surface area contributed by atoms with E-state index in [2.05, 4.69) is 21.2 Å². The van der Waals surface area contributed by atoms with E-state index < -0.39 is 14.1 Å². The van der Waals surface area contributed by atoms with E-state index in [9.17, 15) is 4.79 Å². The zero-order chi connectivity index (χ0) is 15.3. The van der Waals surface area contributed by atoms with E-state index in [1.54, 1.807) is 12.1 Å². The molecule has 20 heavy (non-hydrogen) atoms. The van der Waals surface area contributed by atoms with E-state index in [1.807, 2.05) is 32.9 Å². The van der Waals surface area contributed by atoms with Crippen molar-refractivity contribution >= 4 is 56.6 Å². The molecule has 1 aliphatic rings. The van der Waals surface area contributed by atoms with Crippen molar-refractivity contribution in [3.63, 3.8) is 0 Å². The molecule has 0 spiro atoms. The van der Waals surface area contributed by atoms with Gasteiger partial charge in [0, 0.05) is 10.4 Å². The second-order valence-corrected chi connectivity index (χ2v) is 8.56. The van der Waals surface area contributed by atoms with E-state index in [-0.39, 0.29) is 11.9 Å². The fourth-order valence-electron chi connectivity index (χ4n) is 2.28. The molecular formula is C14H15BrCl3NO. The van der Waals surface area contributed by atoms with Gasteiger partial charge in [-0.15, -0.1) is 0 Å². The maximum Gasteiger partial charge on any atom is 0.241 e. The summed E-state index contributed by atoms with van der Waals surface area (Å²) in [5.74, 6) is -0.213. The van der Waals surface area contributed by atoms with Gasteiger partial charge >= 0.3 is 0 Å². The van der Waals surface area contributed by atoms with Gasteiger partial charge in [-0.2, -0.15) is 0 Å². The first-order valence-electron chi connectivity index (χ1n) is 6.19. The van der Waals surface area contributed by atoms with Gasteiger partial charge in [0.25, 0.3) is 0 Å². The highest BCUT2D eigenvalue weighted by atomic mass is 79.9. The van der Waals surface area contributed by atoms with Gasteiger partial charge in [0.05, 0.1) is 6.04 Å². The van der Waals surface area contributed by atoms with Gasteiger partial charge in [-0.3, -0.25) is 4.79 Å². The van der Waals surface area contributed by atoms with Crippen molar-refractivity contribution in [1.82, 2.24) is 5.32 Å². The molecular weight excluding hydrogens is 384 g/mol. The fourth-order valence-corrected chi connectivity index (χ4v) is 4.27. The number of halogens is 4. The summed E-state index contributed by atoms with van der Waals surface area (Å²) in [5.41, 5.74) is 0.430. The molecule has 6 heteroatoms. The Labute approximate surface area is 142 Å². The molecule has 0 radical (unpaired) electrons. The van der Waals surface area contributed by atoms with Crippen molar-refractivity contribution in [2.24, 2.45) is 5.41 Å². The first-order chi connectivity index (χ1) is 9.05. The quantitative estimate of drug-likeness (QED) is 0.722. The van der Waals surface area contributed by atoms with Gasteiger partial charge in [0.1, 0.15) is 8.66 Å². The van der Waals surface area contributed by atoms with Crippen molar-refractivity contribution in [3.8, 4) is 0 Å². The molecule has 0 bridgehead atoms. The van der Waals surface area contributed by atoms with Crippen molar-refractivity contribution in [1.29, 1.82) is 0 Å². The van der Waals surface area contributed by atoms with Crippen LogP contribution in [-0.2, 0) is 4.79 Å². The zero-order valence-corrected chi connectivity index (χ0v) is 15.2. The number of hydrogen-bond acceptors (Lipinski definition) is 1. The zero-order valence-electron chi connectivity index (χ0n) is 11.3. The molecule has 1 amide bonds. The highest BCUT2D eigenvalue weighted by Crippen LogP contribution is 2.76. The van der Waals surface area contributed by atoms with E-state index in [0.29, 0.717) is 5.02 Å². The Bertz CT molecular complexity index is 528. The van der Waals surface area contributed by atoms with Crippen LogP contribution >= 0.6 is 50.7 Å². The van der Waals surface area contributed by atoms with Crippen LogP contribution in [-0.4, -0.2) is 14.6 Å². The Morgan fingerprint density at radius 1 is 1.25 bits per heavy atom.